The summed E-state index contributed by atoms with van der Waals surface area (Å²) in [6, 6.07) is 14.0. The van der Waals surface area contributed by atoms with Crippen molar-refractivity contribution in [3.63, 3.8) is 0 Å². The van der Waals surface area contributed by atoms with Crippen molar-refractivity contribution in [1.82, 2.24) is 4.90 Å². The van der Waals surface area contributed by atoms with Crippen molar-refractivity contribution in [2.45, 2.75) is 13.8 Å². The predicted octanol–water partition coefficient (Wildman–Crippen LogP) is 4.18. The molecule has 0 unspecified atom stereocenters. The van der Waals surface area contributed by atoms with Crippen LogP contribution in [0.2, 0.25) is 0 Å². The van der Waals surface area contributed by atoms with E-state index in [0.29, 0.717) is 5.56 Å². The molecule has 1 amide bonds. The van der Waals surface area contributed by atoms with Crippen LogP contribution >= 0.6 is 0 Å². The molecule has 2 rings (SSSR count). The van der Waals surface area contributed by atoms with E-state index in [-0.39, 0.29) is 5.91 Å². The van der Waals surface area contributed by atoms with E-state index in [1.165, 1.54) is 16.7 Å². The third-order valence-electron chi connectivity index (χ3n) is 3.52. The number of carbonyl (C=O) groups is 1. The molecule has 0 radical (unpaired) electrons. The Morgan fingerprint density at radius 2 is 1.57 bits per heavy atom. The Morgan fingerprint density at radius 1 is 0.952 bits per heavy atom. The van der Waals surface area contributed by atoms with Crippen LogP contribution in [0.1, 0.15) is 32.6 Å². The minimum absolute atomic E-state index is 0.0253. The van der Waals surface area contributed by atoms with Gasteiger partial charge in [-0.15, -0.1) is 0 Å². The molecule has 0 heterocycles. The Morgan fingerprint density at radius 3 is 2.19 bits per heavy atom. The van der Waals surface area contributed by atoms with E-state index in [2.05, 4.69) is 44.2 Å². The van der Waals surface area contributed by atoms with Gasteiger partial charge in [0, 0.05) is 19.7 Å². The fourth-order valence-corrected chi connectivity index (χ4v) is 2.30. The third-order valence-corrected chi connectivity index (χ3v) is 3.52. The number of rotatable bonds is 3. The molecule has 0 saturated heterocycles. The molecular weight excluding hydrogens is 258 g/mol. The number of carbonyl (C=O) groups excluding carboxylic acids is 1. The summed E-state index contributed by atoms with van der Waals surface area (Å²) >= 11 is 0. The monoisotopic (exact) mass is 279 g/mol. The first-order chi connectivity index (χ1) is 9.99. The summed E-state index contributed by atoms with van der Waals surface area (Å²) in [5, 5.41) is 0. The number of hydrogen-bond donors (Lipinski definition) is 0. The molecule has 0 saturated carbocycles. The molecule has 0 spiro atoms. The normalized spacial score (nSPS) is 10.9. The van der Waals surface area contributed by atoms with Crippen LogP contribution in [0.5, 0.6) is 0 Å². The first-order valence-corrected chi connectivity index (χ1v) is 7.05. The SMILES string of the molecule is Cc1cccc(C)c1C=Cc1cccc(C(=O)N(C)C)c1. The van der Waals surface area contributed by atoms with Crippen LogP contribution in [0.3, 0.4) is 0 Å². The van der Waals surface area contributed by atoms with E-state index < -0.39 is 0 Å². The standard InChI is InChI=1S/C19H21NO/c1-14-7-5-8-15(2)18(14)12-11-16-9-6-10-17(13-16)19(21)20(3)4/h5-13H,1-4H3. The molecule has 0 atom stereocenters. The second-order valence-corrected chi connectivity index (χ2v) is 5.46. The van der Waals surface area contributed by atoms with E-state index >= 15 is 0 Å². The summed E-state index contributed by atoms with van der Waals surface area (Å²) in [5.41, 5.74) is 5.49. The fraction of sp³-hybridized carbons (Fsp3) is 0.211. The predicted molar refractivity (Wildman–Crippen MR) is 89.3 cm³/mol. The molecule has 2 nitrogen and oxygen atoms in total. The van der Waals surface area contributed by atoms with Gasteiger partial charge in [0.1, 0.15) is 0 Å². The Kier molecular flexibility index (Phi) is 4.59. The molecule has 0 fully saturated rings. The lowest BCUT2D eigenvalue weighted by Crippen LogP contribution is -2.21. The van der Waals surface area contributed by atoms with Gasteiger partial charge in [-0.3, -0.25) is 4.79 Å². The van der Waals surface area contributed by atoms with Gasteiger partial charge in [0.25, 0.3) is 5.91 Å². The van der Waals surface area contributed by atoms with Crippen LogP contribution < -0.4 is 0 Å². The van der Waals surface area contributed by atoms with Crippen LogP contribution in [0.15, 0.2) is 42.5 Å². The molecule has 21 heavy (non-hydrogen) atoms. The first-order valence-electron chi connectivity index (χ1n) is 7.05. The van der Waals surface area contributed by atoms with E-state index in [4.69, 9.17) is 0 Å². The van der Waals surface area contributed by atoms with Crippen molar-refractivity contribution in [2.75, 3.05) is 14.1 Å². The second kappa shape index (κ2) is 6.40. The molecule has 108 valence electrons. The zero-order chi connectivity index (χ0) is 15.4. The average molecular weight is 279 g/mol. The maximum Gasteiger partial charge on any atom is 0.253 e. The van der Waals surface area contributed by atoms with E-state index in [0.717, 1.165) is 5.56 Å². The average Bonchev–Trinajstić information content (AvgIpc) is 2.46. The van der Waals surface area contributed by atoms with Gasteiger partial charge in [-0.1, -0.05) is 42.5 Å². The Balaban J connectivity index is 2.30. The Hall–Kier alpha value is -2.35. The second-order valence-electron chi connectivity index (χ2n) is 5.46. The number of hydrogen-bond acceptors (Lipinski definition) is 1. The van der Waals surface area contributed by atoms with Gasteiger partial charge in [-0.05, 0) is 48.2 Å². The van der Waals surface area contributed by atoms with Crippen molar-refractivity contribution in [2.24, 2.45) is 0 Å². The summed E-state index contributed by atoms with van der Waals surface area (Å²) in [7, 11) is 3.53. The molecule has 2 heteroatoms. The number of aryl methyl sites for hydroxylation is 2. The van der Waals surface area contributed by atoms with Crippen molar-refractivity contribution < 1.29 is 4.79 Å². The summed E-state index contributed by atoms with van der Waals surface area (Å²) in [5.74, 6) is 0.0253. The zero-order valence-corrected chi connectivity index (χ0v) is 13.1. The molecule has 0 aliphatic heterocycles. The third kappa shape index (κ3) is 3.60. The van der Waals surface area contributed by atoms with Crippen LogP contribution in [-0.4, -0.2) is 24.9 Å². The smallest absolute Gasteiger partial charge is 0.253 e. The zero-order valence-electron chi connectivity index (χ0n) is 13.1. The lowest BCUT2D eigenvalue weighted by Gasteiger charge is -2.10. The number of nitrogens with zero attached hydrogens (tertiary/aromatic N) is 1. The quantitative estimate of drug-likeness (QED) is 0.772. The largest absolute Gasteiger partial charge is 0.345 e. The maximum atomic E-state index is 12.0. The highest BCUT2D eigenvalue weighted by Gasteiger charge is 2.07. The topological polar surface area (TPSA) is 20.3 Å². The van der Waals surface area contributed by atoms with Gasteiger partial charge in [-0.25, -0.2) is 0 Å². The molecule has 0 bridgehead atoms. The fourth-order valence-electron chi connectivity index (χ4n) is 2.30. The lowest BCUT2D eigenvalue weighted by atomic mass is 10.0. The van der Waals surface area contributed by atoms with E-state index in [1.807, 2.05) is 24.3 Å². The molecule has 2 aromatic rings. The highest BCUT2D eigenvalue weighted by atomic mass is 16.2. The van der Waals surface area contributed by atoms with Gasteiger partial charge in [0.05, 0.1) is 0 Å². The minimum Gasteiger partial charge on any atom is -0.345 e. The maximum absolute atomic E-state index is 12.0. The minimum atomic E-state index is 0.0253. The summed E-state index contributed by atoms with van der Waals surface area (Å²) in [6.07, 6.45) is 4.17. The lowest BCUT2D eigenvalue weighted by molar-refractivity contribution is 0.0827. The van der Waals surface area contributed by atoms with Crippen molar-refractivity contribution in [1.29, 1.82) is 0 Å². The van der Waals surface area contributed by atoms with Gasteiger partial charge in [0.2, 0.25) is 0 Å². The van der Waals surface area contributed by atoms with Gasteiger partial charge < -0.3 is 4.90 Å². The highest BCUT2D eigenvalue weighted by Crippen LogP contribution is 2.17. The van der Waals surface area contributed by atoms with Crippen LogP contribution in [0, 0.1) is 13.8 Å². The molecule has 0 aromatic heterocycles. The van der Waals surface area contributed by atoms with Crippen molar-refractivity contribution in [3.8, 4) is 0 Å². The highest BCUT2D eigenvalue weighted by molar-refractivity contribution is 5.94. The molecule has 0 aliphatic carbocycles. The number of amides is 1. The van der Waals surface area contributed by atoms with Crippen LogP contribution in [0.4, 0.5) is 0 Å². The van der Waals surface area contributed by atoms with Crippen molar-refractivity contribution >= 4 is 18.1 Å². The van der Waals surface area contributed by atoms with Crippen LogP contribution in [-0.2, 0) is 0 Å². The van der Waals surface area contributed by atoms with Gasteiger partial charge >= 0.3 is 0 Å². The molecule has 0 N–H and O–H groups in total. The summed E-state index contributed by atoms with van der Waals surface area (Å²) < 4.78 is 0. The van der Waals surface area contributed by atoms with Crippen molar-refractivity contribution in [3.05, 3.63) is 70.3 Å². The van der Waals surface area contributed by atoms with E-state index in [1.54, 1.807) is 19.0 Å². The number of benzene rings is 2. The van der Waals surface area contributed by atoms with Crippen LogP contribution in [0.25, 0.3) is 12.2 Å². The molecule has 0 aliphatic rings. The first kappa shape index (κ1) is 15.0. The summed E-state index contributed by atoms with van der Waals surface area (Å²) in [6.45, 7) is 4.22. The molecule has 2 aromatic carbocycles. The molecular formula is C19H21NO. The Bertz CT molecular complexity index is 663. The van der Waals surface area contributed by atoms with Gasteiger partial charge in [-0.2, -0.15) is 0 Å². The summed E-state index contributed by atoms with van der Waals surface area (Å²) in [4.78, 5) is 13.6. The van der Waals surface area contributed by atoms with E-state index in [9.17, 15) is 4.79 Å². The Labute approximate surface area is 126 Å². The van der Waals surface area contributed by atoms with Gasteiger partial charge in [0.15, 0.2) is 0 Å².